The Kier molecular flexibility index (Phi) is 5.12. The first kappa shape index (κ1) is 17.9. The summed E-state index contributed by atoms with van der Waals surface area (Å²) in [5, 5.41) is 0. The lowest BCUT2D eigenvalue weighted by Crippen LogP contribution is -2.48. The van der Waals surface area contributed by atoms with Gasteiger partial charge in [0.05, 0.1) is 0 Å². The largest absolute Gasteiger partial charge is 0.296 e. The van der Waals surface area contributed by atoms with Gasteiger partial charge in [-0.15, -0.1) is 0 Å². The molecule has 0 radical (unpaired) electrons. The summed E-state index contributed by atoms with van der Waals surface area (Å²) in [5.41, 5.74) is 0.799. The minimum absolute atomic E-state index is 0.160. The van der Waals surface area contributed by atoms with E-state index in [1.54, 1.807) is 12.1 Å². The Hall–Kier alpha value is -1.90. The normalized spacial score (nSPS) is 16.9. The first-order valence-corrected chi connectivity index (χ1v) is 9.22. The van der Waals surface area contributed by atoms with Crippen molar-refractivity contribution in [3.8, 4) is 0 Å². The van der Waals surface area contributed by atoms with Crippen molar-refractivity contribution < 1.29 is 21.6 Å². The van der Waals surface area contributed by atoms with Gasteiger partial charge in [-0.3, -0.25) is 4.90 Å². The van der Waals surface area contributed by atoms with Crippen LogP contribution in [0.15, 0.2) is 47.4 Å². The summed E-state index contributed by atoms with van der Waals surface area (Å²) >= 11 is 0. The molecular weight excluding hydrogens is 353 g/mol. The van der Waals surface area contributed by atoms with Crippen LogP contribution >= 0.6 is 0 Å². The number of piperazine rings is 1. The van der Waals surface area contributed by atoms with Gasteiger partial charge in [0.25, 0.3) is 0 Å². The third-order valence-corrected chi connectivity index (χ3v) is 6.05. The van der Waals surface area contributed by atoms with E-state index >= 15 is 0 Å². The quantitative estimate of drug-likeness (QED) is 0.831. The molecule has 0 saturated carbocycles. The fourth-order valence-corrected chi connectivity index (χ4v) is 4.33. The van der Waals surface area contributed by atoms with Crippen molar-refractivity contribution in [1.82, 2.24) is 9.21 Å². The number of halogens is 3. The Morgan fingerprint density at radius 3 is 2.24 bits per heavy atom. The average Bonchev–Trinajstić information content (AvgIpc) is 2.57. The molecule has 8 heteroatoms. The molecule has 4 nitrogen and oxygen atoms in total. The van der Waals surface area contributed by atoms with Crippen LogP contribution in [0.1, 0.15) is 5.56 Å². The van der Waals surface area contributed by atoms with Crippen LogP contribution in [0.5, 0.6) is 0 Å². The monoisotopic (exact) mass is 370 g/mol. The van der Waals surface area contributed by atoms with Gasteiger partial charge in [0.1, 0.15) is 22.3 Å². The van der Waals surface area contributed by atoms with E-state index in [0.29, 0.717) is 25.7 Å². The van der Waals surface area contributed by atoms with Crippen molar-refractivity contribution in [3.63, 3.8) is 0 Å². The van der Waals surface area contributed by atoms with Gasteiger partial charge in [-0.1, -0.05) is 12.1 Å². The maximum atomic E-state index is 13.8. The summed E-state index contributed by atoms with van der Waals surface area (Å²) in [7, 11) is -4.09. The van der Waals surface area contributed by atoms with Crippen molar-refractivity contribution in [2.45, 2.75) is 11.4 Å². The van der Waals surface area contributed by atoms with Crippen molar-refractivity contribution in [3.05, 3.63) is 65.5 Å². The Morgan fingerprint density at radius 2 is 1.56 bits per heavy atom. The summed E-state index contributed by atoms with van der Waals surface area (Å²) < 4.78 is 66.5. The second-order valence-electron chi connectivity index (χ2n) is 5.88. The molecule has 1 heterocycles. The van der Waals surface area contributed by atoms with Crippen LogP contribution in [-0.4, -0.2) is 43.8 Å². The van der Waals surface area contributed by atoms with Gasteiger partial charge in [0.2, 0.25) is 10.0 Å². The summed E-state index contributed by atoms with van der Waals surface area (Å²) in [6, 6.07) is 8.61. The lowest BCUT2D eigenvalue weighted by molar-refractivity contribution is 0.181. The summed E-state index contributed by atoms with van der Waals surface area (Å²) in [6.45, 7) is 1.67. The molecule has 0 unspecified atom stereocenters. The molecular formula is C17H17F3N2O2S. The van der Waals surface area contributed by atoms with E-state index in [-0.39, 0.29) is 18.9 Å². The van der Waals surface area contributed by atoms with E-state index in [2.05, 4.69) is 0 Å². The number of hydrogen-bond donors (Lipinski definition) is 0. The number of rotatable bonds is 4. The van der Waals surface area contributed by atoms with Gasteiger partial charge >= 0.3 is 0 Å². The Labute approximate surface area is 144 Å². The average molecular weight is 370 g/mol. The van der Waals surface area contributed by atoms with Crippen LogP contribution in [-0.2, 0) is 16.6 Å². The highest BCUT2D eigenvalue weighted by Gasteiger charge is 2.31. The van der Waals surface area contributed by atoms with Gasteiger partial charge in [0, 0.05) is 32.7 Å². The third-order valence-electron chi connectivity index (χ3n) is 4.14. The van der Waals surface area contributed by atoms with E-state index in [1.165, 1.54) is 12.1 Å². The molecule has 0 spiro atoms. The molecule has 1 saturated heterocycles. The molecule has 0 aromatic heterocycles. The van der Waals surface area contributed by atoms with Gasteiger partial charge in [-0.25, -0.2) is 21.6 Å². The molecule has 0 N–H and O–H groups in total. The molecule has 2 aromatic carbocycles. The molecule has 134 valence electrons. The Morgan fingerprint density at radius 1 is 0.880 bits per heavy atom. The zero-order valence-electron chi connectivity index (χ0n) is 13.3. The molecule has 1 aliphatic rings. The smallest absolute Gasteiger partial charge is 0.246 e. The number of benzene rings is 2. The zero-order valence-corrected chi connectivity index (χ0v) is 14.1. The lowest BCUT2D eigenvalue weighted by Gasteiger charge is -2.34. The summed E-state index contributed by atoms with van der Waals surface area (Å²) in [4.78, 5) is 1.34. The predicted molar refractivity (Wildman–Crippen MR) is 86.8 cm³/mol. The van der Waals surface area contributed by atoms with E-state index in [4.69, 9.17) is 0 Å². The van der Waals surface area contributed by atoms with Crippen molar-refractivity contribution in [2.75, 3.05) is 26.2 Å². The Bertz CT molecular complexity index is 866. The van der Waals surface area contributed by atoms with Crippen LogP contribution in [0.3, 0.4) is 0 Å². The molecule has 25 heavy (non-hydrogen) atoms. The highest BCUT2D eigenvalue weighted by molar-refractivity contribution is 7.89. The first-order valence-electron chi connectivity index (χ1n) is 7.78. The zero-order chi connectivity index (χ0) is 18.0. The SMILES string of the molecule is O=S(=O)(c1cc(F)ccc1F)N1CCN(Cc2cccc(F)c2)CC1. The fraction of sp³-hybridized carbons (Fsp3) is 0.294. The highest BCUT2D eigenvalue weighted by atomic mass is 32.2. The van der Waals surface area contributed by atoms with Crippen LogP contribution in [0.25, 0.3) is 0 Å². The van der Waals surface area contributed by atoms with Crippen LogP contribution in [0.4, 0.5) is 13.2 Å². The van der Waals surface area contributed by atoms with Gasteiger partial charge in [-0.05, 0) is 35.9 Å². The number of sulfonamides is 1. The molecule has 0 atom stereocenters. The van der Waals surface area contributed by atoms with Crippen molar-refractivity contribution in [2.24, 2.45) is 0 Å². The van der Waals surface area contributed by atoms with Gasteiger partial charge in [0.15, 0.2) is 0 Å². The summed E-state index contributed by atoms with van der Waals surface area (Å²) in [6.07, 6.45) is 0. The molecule has 0 bridgehead atoms. The highest BCUT2D eigenvalue weighted by Crippen LogP contribution is 2.22. The van der Waals surface area contributed by atoms with Crippen molar-refractivity contribution in [1.29, 1.82) is 0 Å². The molecule has 1 fully saturated rings. The van der Waals surface area contributed by atoms with Crippen molar-refractivity contribution >= 4 is 10.0 Å². The van der Waals surface area contributed by atoms with E-state index in [9.17, 15) is 21.6 Å². The molecule has 3 rings (SSSR count). The van der Waals surface area contributed by atoms with E-state index in [0.717, 1.165) is 22.0 Å². The molecule has 0 amide bonds. The minimum atomic E-state index is -4.09. The van der Waals surface area contributed by atoms with E-state index in [1.807, 2.05) is 4.90 Å². The second kappa shape index (κ2) is 7.15. The van der Waals surface area contributed by atoms with Crippen LogP contribution < -0.4 is 0 Å². The predicted octanol–water partition coefficient (Wildman–Crippen LogP) is 2.61. The Balaban J connectivity index is 1.68. The minimum Gasteiger partial charge on any atom is -0.296 e. The fourth-order valence-electron chi connectivity index (χ4n) is 2.84. The molecule has 2 aromatic rings. The topological polar surface area (TPSA) is 40.6 Å². The third kappa shape index (κ3) is 4.02. The lowest BCUT2D eigenvalue weighted by atomic mass is 10.2. The second-order valence-corrected chi connectivity index (χ2v) is 7.79. The maximum Gasteiger partial charge on any atom is 0.246 e. The van der Waals surface area contributed by atoms with Crippen LogP contribution in [0, 0.1) is 17.5 Å². The van der Waals surface area contributed by atoms with Gasteiger partial charge < -0.3 is 0 Å². The first-order chi connectivity index (χ1) is 11.9. The number of hydrogen-bond acceptors (Lipinski definition) is 3. The summed E-state index contributed by atoms with van der Waals surface area (Å²) in [5.74, 6) is -2.09. The van der Waals surface area contributed by atoms with E-state index < -0.39 is 26.6 Å². The number of nitrogens with zero attached hydrogens (tertiary/aromatic N) is 2. The van der Waals surface area contributed by atoms with Gasteiger partial charge in [-0.2, -0.15) is 4.31 Å². The molecule has 1 aliphatic heterocycles. The molecule has 0 aliphatic carbocycles. The van der Waals surface area contributed by atoms with Crippen LogP contribution in [0.2, 0.25) is 0 Å². The standard InChI is InChI=1S/C17H17F3N2O2S/c18-14-3-1-2-13(10-14)12-21-6-8-22(9-7-21)25(23,24)17-11-15(19)4-5-16(17)20/h1-5,10-11H,6-9,12H2. The maximum absolute atomic E-state index is 13.8.